The fourth-order valence-corrected chi connectivity index (χ4v) is 3.87. The summed E-state index contributed by atoms with van der Waals surface area (Å²) < 4.78 is 17.1. The molecule has 2 aromatic heterocycles. The Morgan fingerprint density at radius 3 is 2.62 bits per heavy atom. The third-order valence-corrected chi connectivity index (χ3v) is 5.43. The van der Waals surface area contributed by atoms with E-state index in [0.717, 1.165) is 36.6 Å². The first kappa shape index (κ1) is 21.7. The molecule has 0 atom stereocenters. The Morgan fingerprint density at radius 1 is 1.06 bits per heavy atom. The van der Waals surface area contributed by atoms with Gasteiger partial charge in [0, 0.05) is 23.7 Å². The van der Waals surface area contributed by atoms with Crippen LogP contribution in [0.2, 0.25) is 0 Å². The van der Waals surface area contributed by atoms with Crippen LogP contribution in [-0.4, -0.2) is 35.8 Å². The monoisotopic (exact) mass is 436 g/mol. The summed E-state index contributed by atoms with van der Waals surface area (Å²) in [7, 11) is 1.60. The maximum absolute atomic E-state index is 12.2. The standard InChI is InChI=1S/C24H28N4O4/c1-3-31-22-14-19-18(13-21(22)30-2)20(11-12-25-19)32-17-9-10-23(26-15-17)28-24(29)27-16-7-5-4-6-8-16/h9-16H,3-8H2,1-2H3,(H2,26,27,28,29). The van der Waals surface area contributed by atoms with Crippen LogP contribution in [0.3, 0.4) is 0 Å². The number of aromatic nitrogens is 2. The lowest BCUT2D eigenvalue weighted by molar-refractivity contribution is 0.244. The number of fused-ring (bicyclic) bond motifs is 1. The molecule has 1 aliphatic rings. The molecule has 32 heavy (non-hydrogen) atoms. The highest BCUT2D eigenvalue weighted by Crippen LogP contribution is 2.37. The topological polar surface area (TPSA) is 94.6 Å². The lowest BCUT2D eigenvalue weighted by atomic mass is 9.96. The summed E-state index contributed by atoms with van der Waals surface area (Å²) in [6.07, 6.45) is 8.90. The number of benzene rings is 1. The maximum atomic E-state index is 12.2. The molecule has 0 bridgehead atoms. The van der Waals surface area contributed by atoms with E-state index >= 15 is 0 Å². The summed E-state index contributed by atoms with van der Waals surface area (Å²) in [5.41, 5.74) is 0.734. The van der Waals surface area contributed by atoms with E-state index in [1.165, 1.54) is 6.42 Å². The molecule has 1 fully saturated rings. The minimum Gasteiger partial charge on any atom is -0.493 e. The summed E-state index contributed by atoms with van der Waals surface area (Å²) in [5, 5.41) is 6.60. The molecule has 8 heteroatoms. The van der Waals surface area contributed by atoms with E-state index in [0.29, 0.717) is 35.4 Å². The third-order valence-electron chi connectivity index (χ3n) is 5.43. The minimum atomic E-state index is -0.226. The Hall–Kier alpha value is -3.55. The van der Waals surface area contributed by atoms with Gasteiger partial charge < -0.3 is 19.5 Å². The number of amides is 2. The van der Waals surface area contributed by atoms with Crippen LogP contribution >= 0.6 is 0 Å². The van der Waals surface area contributed by atoms with Gasteiger partial charge >= 0.3 is 6.03 Å². The second-order valence-electron chi connectivity index (χ2n) is 7.68. The van der Waals surface area contributed by atoms with Gasteiger partial charge in [-0.15, -0.1) is 0 Å². The molecule has 168 valence electrons. The Morgan fingerprint density at radius 2 is 1.91 bits per heavy atom. The molecule has 4 rings (SSSR count). The number of anilines is 1. The van der Waals surface area contributed by atoms with Crippen LogP contribution in [0.1, 0.15) is 39.0 Å². The summed E-state index contributed by atoms with van der Waals surface area (Å²) >= 11 is 0. The van der Waals surface area contributed by atoms with Gasteiger partial charge in [0.1, 0.15) is 17.3 Å². The number of rotatable bonds is 7. The van der Waals surface area contributed by atoms with Gasteiger partial charge in [0.2, 0.25) is 0 Å². The van der Waals surface area contributed by atoms with Crippen LogP contribution in [0, 0.1) is 0 Å². The number of hydrogen-bond donors (Lipinski definition) is 2. The van der Waals surface area contributed by atoms with Crippen molar-refractivity contribution < 1.29 is 19.0 Å². The Kier molecular flexibility index (Phi) is 6.89. The van der Waals surface area contributed by atoms with Gasteiger partial charge in [-0.05, 0) is 44.0 Å². The molecule has 3 aromatic rings. The molecule has 8 nitrogen and oxygen atoms in total. The van der Waals surface area contributed by atoms with Crippen molar-refractivity contribution in [3.05, 3.63) is 42.7 Å². The van der Waals surface area contributed by atoms with Gasteiger partial charge in [0.25, 0.3) is 0 Å². The van der Waals surface area contributed by atoms with Crippen LogP contribution in [0.15, 0.2) is 42.7 Å². The fourth-order valence-electron chi connectivity index (χ4n) is 3.87. The highest BCUT2D eigenvalue weighted by atomic mass is 16.5. The predicted molar refractivity (Wildman–Crippen MR) is 123 cm³/mol. The number of nitrogens with one attached hydrogen (secondary N) is 2. The quantitative estimate of drug-likeness (QED) is 0.523. The fraction of sp³-hybridized carbons (Fsp3) is 0.375. The molecule has 2 amide bonds. The largest absolute Gasteiger partial charge is 0.493 e. The van der Waals surface area contributed by atoms with Gasteiger partial charge in [-0.3, -0.25) is 10.3 Å². The first-order valence-corrected chi connectivity index (χ1v) is 11.0. The van der Waals surface area contributed by atoms with Crippen molar-refractivity contribution in [3.8, 4) is 23.0 Å². The average molecular weight is 437 g/mol. The first-order chi connectivity index (χ1) is 15.7. The van der Waals surface area contributed by atoms with Gasteiger partial charge in [0.15, 0.2) is 11.5 Å². The molecule has 2 heterocycles. The van der Waals surface area contributed by atoms with E-state index in [4.69, 9.17) is 14.2 Å². The molecule has 1 aliphatic carbocycles. The second kappa shape index (κ2) is 10.2. The van der Waals surface area contributed by atoms with E-state index in [1.54, 1.807) is 37.7 Å². The molecule has 0 spiro atoms. The number of methoxy groups -OCH3 is 1. The number of carbonyl (C=O) groups is 1. The van der Waals surface area contributed by atoms with E-state index < -0.39 is 0 Å². The summed E-state index contributed by atoms with van der Waals surface area (Å²) in [6, 6.07) is 8.96. The molecule has 1 aromatic carbocycles. The Bertz CT molecular complexity index is 1070. The summed E-state index contributed by atoms with van der Waals surface area (Å²) in [4.78, 5) is 20.9. The van der Waals surface area contributed by atoms with Crippen LogP contribution in [-0.2, 0) is 0 Å². The van der Waals surface area contributed by atoms with E-state index in [2.05, 4.69) is 20.6 Å². The number of urea groups is 1. The molecular formula is C24H28N4O4. The molecule has 1 saturated carbocycles. The van der Waals surface area contributed by atoms with E-state index in [9.17, 15) is 4.79 Å². The average Bonchev–Trinajstić information content (AvgIpc) is 2.81. The van der Waals surface area contributed by atoms with Crippen LogP contribution in [0.5, 0.6) is 23.0 Å². The maximum Gasteiger partial charge on any atom is 0.320 e. The SMILES string of the molecule is CCOc1cc2nccc(Oc3ccc(NC(=O)NC4CCCCC4)nc3)c2cc1OC. The Labute approximate surface area is 187 Å². The zero-order chi connectivity index (χ0) is 22.3. The lowest BCUT2D eigenvalue weighted by Crippen LogP contribution is -2.39. The number of ether oxygens (including phenoxy) is 3. The van der Waals surface area contributed by atoms with E-state index in [-0.39, 0.29) is 12.1 Å². The van der Waals surface area contributed by atoms with Crippen molar-refractivity contribution >= 4 is 22.8 Å². The van der Waals surface area contributed by atoms with Crippen LogP contribution < -0.4 is 24.8 Å². The minimum absolute atomic E-state index is 0.226. The van der Waals surface area contributed by atoms with Crippen molar-refractivity contribution in [2.75, 3.05) is 19.0 Å². The van der Waals surface area contributed by atoms with Gasteiger partial charge in [-0.2, -0.15) is 0 Å². The van der Waals surface area contributed by atoms with Gasteiger partial charge in [-0.25, -0.2) is 9.78 Å². The number of carbonyl (C=O) groups excluding carboxylic acids is 1. The molecule has 0 unspecified atom stereocenters. The first-order valence-electron chi connectivity index (χ1n) is 11.0. The summed E-state index contributed by atoms with van der Waals surface area (Å²) in [6.45, 7) is 2.45. The molecule has 2 N–H and O–H groups in total. The molecule has 0 radical (unpaired) electrons. The second-order valence-corrected chi connectivity index (χ2v) is 7.68. The van der Waals surface area contributed by atoms with E-state index in [1.807, 2.05) is 19.1 Å². The highest BCUT2D eigenvalue weighted by Gasteiger charge is 2.16. The van der Waals surface area contributed by atoms with Crippen LogP contribution in [0.4, 0.5) is 10.6 Å². The van der Waals surface area contributed by atoms with Gasteiger partial charge in [-0.1, -0.05) is 19.3 Å². The number of nitrogens with zero attached hydrogens (tertiary/aromatic N) is 2. The van der Waals surface area contributed by atoms with Crippen molar-refractivity contribution in [1.82, 2.24) is 15.3 Å². The molecule has 0 aliphatic heterocycles. The van der Waals surface area contributed by atoms with Crippen molar-refractivity contribution in [2.24, 2.45) is 0 Å². The van der Waals surface area contributed by atoms with Crippen molar-refractivity contribution in [1.29, 1.82) is 0 Å². The summed E-state index contributed by atoms with van der Waals surface area (Å²) in [5.74, 6) is 2.88. The zero-order valence-corrected chi connectivity index (χ0v) is 18.4. The predicted octanol–water partition coefficient (Wildman–Crippen LogP) is 5.28. The molecular weight excluding hydrogens is 408 g/mol. The zero-order valence-electron chi connectivity index (χ0n) is 18.4. The highest BCUT2D eigenvalue weighted by molar-refractivity contribution is 5.89. The smallest absolute Gasteiger partial charge is 0.320 e. The third kappa shape index (κ3) is 5.19. The number of pyridine rings is 2. The van der Waals surface area contributed by atoms with Crippen molar-refractivity contribution in [3.63, 3.8) is 0 Å². The van der Waals surface area contributed by atoms with Crippen molar-refractivity contribution in [2.45, 2.75) is 45.1 Å². The number of hydrogen-bond acceptors (Lipinski definition) is 6. The normalized spacial score (nSPS) is 14.1. The lowest BCUT2D eigenvalue weighted by Gasteiger charge is -2.22. The molecule has 0 saturated heterocycles. The van der Waals surface area contributed by atoms with Gasteiger partial charge in [0.05, 0.1) is 25.4 Å². The Balaban J connectivity index is 1.45. The van der Waals surface area contributed by atoms with Crippen LogP contribution in [0.25, 0.3) is 10.9 Å².